The van der Waals surface area contributed by atoms with Gasteiger partial charge in [0.1, 0.15) is 0 Å². The zero-order valence-electron chi connectivity index (χ0n) is 13.3. The number of hydrogen-bond acceptors (Lipinski definition) is 4. The van der Waals surface area contributed by atoms with E-state index in [1.54, 1.807) is 12.4 Å². The Morgan fingerprint density at radius 2 is 1.67 bits per heavy atom. The van der Waals surface area contributed by atoms with Gasteiger partial charge in [-0.2, -0.15) is 0 Å². The molecule has 0 bridgehead atoms. The second kappa shape index (κ2) is 7.27. The first-order valence-electron chi connectivity index (χ1n) is 7.56. The van der Waals surface area contributed by atoms with Gasteiger partial charge in [-0.25, -0.2) is 9.97 Å². The minimum atomic E-state index is 0.539. The van der Waals surface area contributed by atoms with Crippen LogP contribution < -0.4 is 5.32 Å². The minimum Gasteiger partial charge on any atom is -0.315 e. The summed E-state index contributed by atoms with van der Waals surface area (Å²) in [5.41, 5.74) is 4.46. The highest BCUT2D eigenvalue weighted by molar-refractivity contribution is 5.54. The number of rotatable bonds is 6. The highest BCUT2D eigenvalue weighted by Gasteiger charge is 2.09. The maximum absolute atomic E-state index is 4.66. The van der Waals surface area contributed by atoms with Gasteiger partial charge in [0.15, 0.2) is 5.82 Å². The lowest BCUT2D eigenvalue weighted by Crippen LogP contribution is -2.24. The van der Waals surface area contributed by atoms with E-state index in [9.17, 15) is 0 Å². The van der Waals surface area contributed by atoms with E-state index in [4.69, 9.17) is 0 Å². The number of hydrogen-bond donors (Lipinski definition) is 1. The Morgan fingerprint density at radius 1 is 1.05 bits per heavy atom. The van der Waals surface area contributed by atoms with Crippen molar-refractivity contribution in [2.24, 2.45) is 0 Å². The number of pyridine rings is 1. The summed E-state index contributed by atoms with van der Waals surface area (Å²) in [6.07, 6.45) is 5.68. The van der Waals surface area contributed by atoms with E-state index in [0.29, 0.717) is 6.04 Å². The van der Waals surface area contributed by atoms with Gasteiger partial charge >= 0.3 is 0 Å². The summed E-state index contributed by atoms with van der Waals surface area (Å²) in [6, 6.07) is 4.43. The molecule has 2 rings (SSSR count). The van der Waals surface area contributed by atoms with E-state index in [0.717, 1.165) is 42.2 Å². The molecule has 112 valence electrons. The molecule has 0 aromatic carbocycles. The van der Waals surface area contributed by atoms with E-state index >= 15 is 0 Å². The lowest BCUT2D eigenvalue weighted by molar-refractivity contribution is 0.569. The lowest BCUT2D eigenvalue weighted by atomic mass is 10.1. The third-order valence-corrected chi connectivity index (χ3v) is 3.52. The molecule has 2 heterocycles. The maximum Gasteiger partial charge on any atom is 0.159 e. The minimum absolute atomic E-state index is 0.539. The standard InChI is InChI=1S/C17H24N4/c1-12(2)19-9-5-6-16-13(3)20-17(21-14(16)4)15-7-10-18-11-8-15/h7-8,10-12,19H,5-6,9H2,1-4H3. The molecule has 0 unspecified atom stereocenters. The molecule has 0 saturated carbocycles. The average Bonchev–Trinajstić information content (AvgIpc) is 2.46. The van der Waals surface area contributed by atoms with Gasteiger partial charge in [0.25, 0.3) is 0 Å². The van der Waals surface area contributed by atoms with Crippen LogP contribution >= 0.6 is 0 Å². The van der Waals surface area contributed by atoms with Gasteiger partial charge in [-0.1, -0.05) is 13.8 Å². The zero-order valence-corrected chi connectivity index (χ0v) is 13.3. The molecule has 0 aliphatic rings. The van der Waals surface area contributed by atoms with Crippen LogP contribution in [0, 0.1) is 13.8 Å². The number of aromatic nitrogens is 3. The van der Waals surface area contributed by atoms with E-state index in [1.807, 2.05) is 12.1 Å². The van der Waals surface area contributed by atoms with Crippen LogP contribution in [0.1, 0.15) is 37.2 Å². The fourth-order valence-corrected chi connectivity index (χ4v) is 2.39. The Hall–Kier alpha value is -1.81. The first-order chi connectivity index (χ1) is 10.1. The molecule has 2 aromatic rings. The molecular formula is C17H24N4. The van der Waals surface area contributed by atoms with Gasteiger partial charge in [-0.3, -0.25) is 4.98 Å². The summed E-state index contributed by atoms with van der Waals surface area (Å²) in [5, 5.41) is 3.44. The van der Waals surface area contributed by atoms with Crippen LogP contribution in [-0.4, -0.2) is 27.5 Å². The number of nitrogens with one attached hydrogen (secondary N) is 1. The highest BCUT2D eigenvalue weighted by Crippen LogP contribution is 2.19. The van der Waals surface area contributed by atoms with Gasteiger partial charge < -0.3 is 5.32 Å². The SMILES string of the molecule is Cc1nc(-c2ccncc2)nc(C)c1CCCNC(C)C. The van der Waals surface area contributed by atoms with Crippen molar-refractivity contribution < 1.29 is 0 Å². The quantitative estimate of drug-likeness (QED) is 0.828. The molecule has 0 saturated heterocycles. The predicted octanol–water partition coefficient (Wildman–Crippen LogP) is 3.09. The molecule has 0 radical (unpaired) electrons. The second-order valence-electron chi connectivity index (χ2n) is 5.64. The fourth-order valence-electron chi connectivity index (χ4n) is 2.39. The van der Waals surface area contributed by atoms with Gasteiger partial charge in [-0.15, -0.1) is 0 Å². The van der Waals surface area contributed by atoms with Gasteiger partial charge in [0.05, 0.1) is 0 Å². The van der Waals surface area contributed by atoms with Crippen molar-refractivity contribution in [1.82, 2.24) is 20.3 Å². The lowest BCUT2D eigenvalue weighted by Gasteiger charge is -2.12. The Labute approximate surface area is 127 Å². The summed E-state index contributed by atoms with van der Waals surface area (Å²) >= 11 is 0. The summed E-state index contributed by atoms with van der Waals surface area (Å²) < 4.78 is 0. The summed E-state index contributed by atoms with van der Waals surface area (Å²) in [7, 11) is 0. The second-order valence-corrected chi connectivity index (χ2v) is 5.64. The van der Waals surface area contributed by atoms with Crippen molar-refractivity contribution in [2.75, 3.05) is 6.54 Å². The number of nitrogens with zero attached hydrogens (tertiary/aromatic N) is 3. The van der Waals surface area contributed by atoms with E-state index in [-0.39, 0.29) is 0 Å². The van der Waals surface area contributed by atoms with Crippen LogP contribution in [0.4, 0.5) is 0 Å². The molecule has 0 aliphatic heterocycles. The monoisotopic (exact) mass is 284 g/mol. The first-order valence-corrected chi connectivity index (χ1v) is 7.56. The molecule has 21 heavy (non-hydrogen) atoms. The Morgan fingerprint density at radius 3 is 2.24 bits per heavy atom. The number of aryl methyl sites for hydroxylation is 2. The predicted molar refractivity (Wildman–Crippen MR) is 86.2 cm³/mol. The van der Waals surface area contributed by atoms with E-state index in [1.165, 1.54) is 5.56 Å². The van der Waals surface area contributed by atoms with Crippen molar-refractivity contribution in [2.45, 2.75) is 46.6 Å². The van der Waals surface area contributed by atoms with Gasteiger partial charge in [0.2, 0.25) is 0 Å². The third-order valence-electron chi connectivity index (χ3n) is 3.52. The van der Waals surface area contributed by atoms with Crippen molar-refractivity contribution in [1.29, 1.82) is 0 Å². The Kier molecular flexibility index (Phi) is 5.39. The molecule has 0 spiro atoms. The maximum atomic E-state index is 4.66. The van der Waals surface area contributed by atoms with E-state index in [2.05, 4.69) is 48.0 Å². The first kappa shape index (κ1) is 15.6. The van der Waals surface area contributed by atoms with Gasteiger partial charge in [-0.05, 0) is 50.9 Å². The highest BCUT2D eigenvalue weighted by atomic mass is 14.9. The molecule has 4 heteroatoms. The largest absolute Gasteiger partial charge is 0.315 e. The van der Waals surface area contributed by atoms with E-state index < -0.39 is 0 Å². The Bertz CT molecular complexity index is 556. The van der Waals surface area contributed by atoms with Crippen molar-refractivity contribution in [3.05, 3.63) is 41.5 Å². The zero-order chi connectivity index (χ0) is 15.2. The average molecular weight is 284 g/mol. The van der Waals surface area contributed by atoms with Crippen LogP contribution in [-0.2, 0) is 6.42 Å². The van der Waals surface area contributed by atoms with Crippen molar-refractivity contribution in [3.8, 4) is 11.4 Å². The van der Waals surface area contributed by atoms with Crippen LogP contribution in [0.5, 0.6) is 0 Å². The smallest absolute Gasteiger partial charge is 0.159 e. The normalized spacial score (nSPS) is 11.1. The molecule has 0 fully saturated rings. The third kappa shape index (κ3) is 4.33. The summed E-state index contributed by atoms with van der Waals surface area (Å²) in [4.78, 5) is 13.4. The van der Waals surface area contributed by atoms with Crippen molar-refractivity contribution >= 4 is 0 Å². The van der Waals surface area contributed by atoms with Crippen LogP contribution in [0.3, 0.4) is 0 Å². The molecule has 2 aromatic heterocycles. The molecule has 0 amide bonds. The molecule has 0 aliphatic carbocycles. The summed E-state index contributed by atoms with van der Waals surface area (Å²) in [6.45, 7) is 9.52. The van der Waals surface area contributed by atoms with Crippen LogP contribution in [0.2, 0.25) is 0 Å². The Balaban J connectivity index is 2.11. The topological polar surface area (TPSA) is 50.7 Å². The molecule has 0 atom stereocenters. The molecular weight excluding hydrogens is 260 g/mol. The fraction of sp³-hybridized carbons (Fsp3) is 0.471. The molecule has 4 nitrogen and oxygen atoms in total. The molecule has 1 N–H and O–H groups in total. The van der Waals surface area contributed by atoms with Crippen LogP contribution in [0.15, 0.2) is 24.5 Å². The van der Waals surface area contributed by atoms with Gasteiger partial charge in [0, 0.05) is 35.4 Å². The summed E-state index contributed by atoms with van der Waals surface area (Å²) in [5.74, 6) is 0.788. The van der Waals surface area contributed by atoms with Crippen LogP contribution in [0.25, 0.3) is 11.4 Å². The van der Waals surface area contributed by atoms with Crippen molar-refractivity contribution in [3.63, 3.8) is 0 Å².